The van der Waals surface area contributed by atoms with Crippen molar-refractivity contribution in [2.75, 3.05) is 26.2 Å². The predicted octanol–water partition coefficient (Wildman–Crippen LogP) is 2.77. The number of aromatic nitrogens is 1. The lowest BCUT2D eigenvalue weighted by molar-refractivity contribution is 0.0438. The third-order valence-corrected chi connectivity index (χ3v) is 5.25. The van der Waals surface area contributed by atoms with Gasteiger partial charge in [0.1, 0.15) is 11.5 Å². The summed E-state index contributed by atoms with van der Waals surface area (Å²) in [4.78, 5) is 9.61. The van der Waals surface area contributed by atoms with Crippen LogP contribution >= 0.6 is 0 Å². The van der Waals surface area contributed by atoms with Gasteiger partial charge in [0.2, 0.25) is 0 Å². The molecule has 5 nitrogen and oxygen atoms in total. The molecule has 0 amide bonds. The third-order valence-electron chi connectivity index (χ3n) is 5.25. The molecule has 0 bridgehead atoms. The Morgan fingerprint density at radius 1 is 1.16 bits per heavy atom. The number of furan rings is 1. The lowest BCUT2D eigenvalue weighted by Crippen LogP contribution is -2.49. The normalized spacial score (nSPS) is 24.6. The summed E-state index contributed by atoms with van der Waals surface area (Å²) in [6, 6.07) is 10.9. The van der Waals surface area contributed by atoms with E-state index in [1.807, 2.05) is 38.1 Å². The van der Waals surface area contributed by atoms with Gasteiger partial charge >= 0.3 is 0 Å². The second-order valence-corrected chi connectivity index (χ2v) is 7.34. The summed E-state index contributed by atoms with van der Waals surface area (Å²) < 4.78 is 11.9. The molecule has 2 aromatic heterocycles. The van der Waals surface area contributed by atoms with Crippen molar-refractivity contribution >= 4 is 0 Å². The largest absolute Gasteiger partial charge is 0.465 e. The minimum absolute atomic E-state index is 0.318. The van der Waals surface area contributed by atoms with E-state index in [0.29, 0.717) is 18.8 Å². The molecule has 2 aromatic rings. The van der Waals surface area contributed by atoms with Crippen LogP contribution in [0.15, 0.2) is 34.7 Å². The first kappa shape index (κ1) is 16.8. The lowest BCUT2D eigenvalue weighted by Gasteiger charge is -2.36. The summed E-state index contributed by atoms with van der Waals surface area (Å²) in [7, 11) is 0. The first-order valence-corrected chi connectivity index (χ1v) is 9.21. The van der Waals surface area contributed by atoms with Crippen LogP contribution in [0.3, 0.4) is 0 Å². The van der Waals surface area contributed by atoms with Gasteiger partial charge in [-0.05, 0) is 44.5 Å². The van der Waals surface area contributed by atoms with Gasteiger partial charge in [-0.2, -0.15) is 0 Å². The monoisotopic (exact) mass is 341 g/mol. The van der Waals surface area contributed by atoms with E-state index in [0.717, 1.165) is 62.1 Å². The second-order valence-electron chi connectivity index (χ2n) is 7.34. The molecule has 0 N–H and O–H groups in total. The highest BCUT2D eigenvalue weighted by Crippen LogP contribution is 2.25. The Kier molecular flexibility index (Phi) is 4.88. The van der Waals surface area contributed by atoms with E-state index >= 15 is 0 Å². The van der Waals surface area contributed by atoms with E-state index < -0.39 is 0 Å². The van der Waals surface area contributed by atoms with Crippen LogP contribution in [0.1, 0.15) is 29.3 Å². The number of ether oxygens (including phenoxy) is 1. The van der Waals surface area contributed by atoms with E-state index in [4.69, 9.17) is 9.15 Å². The highest BCUT2D eigenvalue weighted by Gasteiger charge is 2.36. The highest BCUT2D eigenvalue weighted by molar-refractivity contribution is 5.09. The van der Waals surface area contributed by atoms with Crippen molar-refractivity contribution in [3.8, 4) is 0 Å². The Bertz CT molecular complexity index is 714. The standard InChI is InChI=1S/C20H27N3O2/c1-15-4-3-5-17(21-15)14-24-20-10-18-11-22(8-9-23(18)13-20)12-19-7-6-16(2)25-19/h3-7,18,20H,8-14H2,1-2H3/t18-,20+/m1/s1. The van der Waals surface area contributed by atoms with Gasteiger partial charge in [-0.25, -0.2) is 0 Å². The molecule has 0 aliphatic carbocycles. The van der Waals surface area contributed by atoms with E-state index in [-0.39, 0.29) is 0 Å². The Morgan fingerprint density at radius 3 is 2.88 bits per heavy atom. The quantitative estimate of drug-likeness (QED) is 0.836. The topological polar surface area (TPSA) is 41.7 Å². The first-order chi connectivity index (χ1) is 12.2. The van der Waals surface area contributed by atoms with Crippen molar-refractivity contribution in [2.24, 2.45) is 0 Å². The number of nitrogens with zero attached hydrogens (tertiary/aromatic N) is 3. The van der Waals surface area contributed by atoms with Crippen LogP contribution in [0, 0.1) is 13.8 Å². The molecule has 2 saturated heterocycles. The Balaban J connectivity index is 1.28. The highest BCUT2D eigenvalue weighted by atomic mass is 16.5. The molecule has 4 heterocycles. The van der Waals surface area contributed by atoms with Gasteiger partial charge in [0.05, 0.1) is 24.9 Å². The number of hydrogen-bond donors (Lipinski definition) is 0. The predicted molar refractivity (Wildman–Crippen MR) is 96.3 cm³/mol. The summed E-state index contributed by atoms with van der Waals surface area (Å²) in [6.07, 6.45) is 1.43. The van der Waals surface area contributed by atoms with E-state index in [9.17, 15) is 0 Å². The zero-order valence-corrected chi connectivity index (χ0v) is 15.1. The van der Waals surface area contributed by atoms with Crippen molar-refractivity contribution in [3.63, 3.8) is 0 Å². The van der Waals surface area contributed by atoms with Gasteiger partial charge in [-0.3, -0.25) is 14.8 Å². The van der Waals surface area contributed by atoms with Gasteiger partial charge < -0.3 is 9.15 Å². The fourth-order valence-corrected chi connectivity index (χ4v) is 4.00. The van der Waals surface area contributed by atoms with Gasteiger partial charge in [0, 0.05) is 37.9 Å². The maximum atomic E-state index is 6.15. The van der Waals surface area contributed by atoms with Gasteiger partial charge in [-0.15, -0.1) is 0 Å². The van der Waals surface area contributed by atoms with Crippen molar-refractivity contribution in [2.45, 2.75) is 45.6 Å². The van der Waals surface area contributed by atoms with E-state index in [2.05, 4.69) is 20.9 Å². The van der Waals surface area contributed by atoms with Crippen LogP contribution in [0.5, 0.6) is 0 Å². The smallest absolute Gasteiger partial charge is 0.118 e. The minimum Gasteiger partial charge on any atom is -0.465 e. The summed E-state index contributed by atoms with van der Waals surface area (Å²) >= 11 is 0. The molecule has 2 aliphatic rings. The molecule has 2 atom stereocenters. The molecule has 25 heavy (non-hydrogen) atoms. The summed E-state index contributed by atoms with van der Waals surface area (Å²) in [5.74, 6) is 2.06. The maximum Gasteiger partial charge on any atom is 0.118 e. The zero-order chi connectivity index (χ0) is 17.2. The van der Waals surface area contributed by atoms with Crippen LogP contribution in [0.25, 0.3) is 0 Å². The van der Waals surface area contributed by atoms with E-state index in [1.165, 1.54) is 0 Å². The molecule has 2 aliphatic heterocycles. The van der Waals surface area contributed by atoms with E-state index in [1.54, 1.807) is 0 Å². The van der Waals surface area contributed by atoms with Crippen molar-refractivity contribution in [1.82, 2.24) is 14.8 Å². The number of pyridine rings is 1. The average Bonchev–Trinajstić information content (AvgIpc) is 3.18. The molecule has 0 aromatic carbocycles. The number of hydrogen-bond acceptors (Lipinski definition) is 5. The molecule has 5 heteroatoms. The molecular weight excluding hydrogens is 314 g/mol. The minimum atomic E-state index is 0.318. The van der Waals surface area contributed by atoms with Crippen LogP contribution in [-0.4, -0.2) is 53.1 Å². The zero-order valence-electron chi connectivity index (χ0n) is 15.1. The summed E-state index contributed by atoms with van der Waals surface area (Å²) in [5, 5.41) is 0. The van der Waals surface area contributed by atoms with Crippen molar-refractivity contribution in [3.05, 3.63) is 53.2 Å². The second kappa shape index (κ2) is 7.28. The number of fused-ring (bicyclic) bond motifs is 1. The molecule has 134 valence electrons. The first-order valence-electron chi connectivity index (χ1n) is 9.21. The van der Waals surface area contributed by atoms with Crippen LogP contribution in [0.4, 0.5) is 0 Å². The molecule has 0 saturated carbocycles. The van der Waals surface area contributed by atoms with Crippen LogP contribution < -0.4 is 0 Å². The SMILES string of the molecule is Cc1cccc(CO[C@H]2C[C@@H]3CN(Cc4ccc(C)o4)CCN3C2)n1. The third kappa shape index (κ3) is 4.11. The molecule has 4 rings (SSSR count). The number of aryl methyl sites for hydroxylation is 2. The van der Waals surface area contributed by atoms with Crippen LogP contribution in [0.2, 0.25) is 0 Å². The fraction of sp³-hybridized carbons (Fsp3) is 0.550. The molecule has 2 fully saturated rings. The summed E-state index contributed by atoms with van der Waals surface area (Å²) in [5.41, 5.74) is 2.08. The van der Waals surface area contributed by atoms with Gasteiger partial charge in [0.25, 0.3) is 0 Å². The molecular formula is C20H27N3O2. The summed E-state index contributed by atoms with van der Waals surface area (Å²) in [6.45, 7) is 9.92. The fourth-order valence-electron chi connectivity index (χ4n) is 4.00. The molecule has 0 spiro atoms. The number of rotatable bonds is 5. The van der Waals surface area contributed by atoms with Crippen LogP contribution in [-0.2, 0) is 17.9 Å². The number of piperazine rings is 1. The van der Waals surface area contributed by atoms with Crippen molar-refractivity contribution < 1.29 is 9.15 Å². The van der Waals surface area contributed by atoms with Gasteiger partial charge in [0.15, 0.2) is 0 Å². The molecule has 0 radical (unpaired) electrons. The Labute approximate surface area is 149 Å². The lowest BCUT2D eigenvalue weighted by atomic mass is 10.1. The van der Waals surface area contributed by atoms with Gasteiger partial charge in [-0.1, -0.05) is 6.07 Å². The maximum absolute atomic E-state index is 6.15. The van der Waals surface area contributed by atoms with Crippen molar-refractivity contribution in [1.29, 1.82) is 0 Å². The molecule has 0 unspecified atom stereocenters. The average molecular weight is 341 g/mol. The Morgan fingerprint density at radius 2 is 2.08 bits per heavy atom. The Hall–Kier alpha value is -1.69.